The number of rotatable bonds is 2. The van der Waals surface area contributed by atoms with Crippen LogP contribution in [0.3, 0.4) is 0 Å². The van der Waals surface area contributed by atoms with Crippen LogP contribution in [0.4, 0.5) is 0 Å². The van der Waals surface area contributed by atoms with Crippen molar-refractivity contribution in [3.63, 3.8) is 0 Å². The first-order valence-electron chi connectivity index (χ1n) is 5.31. The molecule has 2 rings (SSSR count). The third-order valence-corrected chi connectivity index (χ3v) is 3.14. The number of aromatic nitrogens is 2. The number of benzene rings is 1. The van der Waals surface area contributed by atoms with E-state index in [0.717, 1.165) is 5.56 Å². The summed E-state index contributed by atoms with van der Waals surface area (Å²) in [6.45, 7) is 4.43. The molecular formula is C13H12ClN3. The van der Waals surface area contributed by atoms with Gasteiger partial charge in [0, 0.05) is 0 Å². The summed E-state index contributed by atoms with van der Waals surface area (Å²) in [5, 5.41) is 13.6. The summed E-state index contributed by atoms with van der Waals surface area (Å²) in [6.07, 6.45) is 0. The topological polar surface area (TPSA) is 41.6 Å². The molecule has 86 valence electrons. The minimum Gasteiger partial charge on any atom is -0.248 e. The highest BCUT2D eigenvalue weighted by Crippen LogP contribution is 2.20. The summed E-state index contributed by atoms with van der Waals surface area (Å²) >= 11 is 6.11. The molecule has 0 fully saturated rings. The Morgan fingerprint density at radius 2 is 2.06 bits per heavy atom. The standard InChI is InChI=1S/C13H12ClN3/c1-9-5-3-4-6-11(9)8-17-13(14)12(7-15)10(2)16-17/h3-6H,8H2,1-2H3. The zero-order valence-electron chi connectivity index (χ0n) is 9.74. The highest BCUT2D eigenvalue weighted by Gasteiger charge is 2.13. The monoisotopic (exact) mass is 245 g/mol. The molecule has 0 bridgehead atoms. The van der Waals surface area contributed by atoms with Gasteiger partial charge in [0.05, 0.1) is 12.2 Å². The molecule has 1 aromatic heterocycles. The van der Waals surface area contributed by atoms with Gasteiger partial charge < -0.3 is 0 Å². The van der Waals surface area contributed by atoms with Crippen molar-refractivity contribution in [3.05, 3.63) is 51.8 Å². The first-order chi connectivity index (χ1) is 8.13. The van der Waals surface area contributed by atoms with Gasteiger partial charge in [-0.1, -0.05) is 35.9 Å². The zero-order valence-corrected chi connectivity index (χ0v) is 10.5. The average molecular weight is 246 g/mol. The Morgan fingerprint density at radius 1 is 1.35 bits per heavy atom. The molecule has 0 aliphatic heterocycles. The van der Waals surface area contributed by atoms with Crippen molar-refractivity contribution in [2.24, 2.45) is 0 Å². The van der Waals surface area contributed by atoms with Crippen molar-refractivity contribution < 1.29 is 0 Å². The van der Waals surface area contributed by atoms with Crippen LogP contribution in [-0.2, 0) is 6.54 Å². The second-order valence-electron chi connectivity index (χ2n) is 3.95. The van der Waals surface area contributed by atoms with E-state index in [-0.39, 0.29) is 0 Å². The van der Waals surface area contributed by atoms with E-state index in [1.165, 1.54) is 5.56 Å². The van der Waals surface area contributed by atoms with Gasteiger partial charge in [-0.15, -0.1) is 0 Å². The summed E-state index contributed by atoms with van der Waals surface area (Å²) in [5.41, 5.74) is 3.47. The van der Waals surface area contributed by atoms with Crippen LogP contribution in [0, 0.1) is 25.2 Å². The van der Waals surface area contributed by atoms with Gasteiger partial charge in [0.25, 0.3) is 0 Å². The van der Waals surface area contributed by atoms with Crippen LogP contribution in [0.25, 0.3) is 0 Å². The van der Waals surface area contributed by atoms with Crippen LogP contribution in [0.15, 0.2) is 24.3 Å². The van der Waals surface area contributed by atoms with Crippen molar-refractivity contribution >= 4 is 11.6 Å². The van der Waals surface area contributed by atoms with Crippen LogP contribution in [-0.4, -0.2) is 9.78 Å². The molecule has 0 unspecified atom stereocenters. The molecule has 0 N–H and O–H groups in total. The molecule has 0 spiro atoms. The van der Waals surface area contributed by atoms with E-state index in [0.29, 0.717) is 23.0 Å². The van der Waals surface area contributed by atoms with Crippen LogP contribution < -0.4 is 0 Å². The predicted molar refractivity (Wildman–Crippen MR) is 67.0 cm³/mol. The van der Waals surface area contributed by atoms with Crippen molar-refractivity contribution in [1.29, 1.82) is 5.26 Å². The van der Waals surface area contributed by atoms with Gasteiger partial charge in [-0.25, -0.2) is 4.68 Å². The van der Waals surface area contributed by atoms with Gasteiger partial charge >= 0.3 is 0 Å². The minimum atomic E-state index is 0.410. The molecule has 0 aliphatic carbocycles. The van der Waals surface area contributed by atoms with E-state index in [9.17, 15) is 0 Å². The second-order valence-corrected chi connectivity index (χ2v) is 4.31. The van der Waals surface area contributed by atoms with Crippen LogP contribution in [0.1, 0.15) is 22.4 Å². The number of hydrogen-bond donors (Lipinski definition) is 0. The first-order valence-corrected chi connectivity index (χ1v) is 5.68. The van der Waals surface area contributed by atoms with Gasteiger partial charge in [0.2, 0.25) is 0 Å². The molecule has 17 heavy (non-hydrogen) atoms. The highest BCUT2D eigenvalue weighted by molar-refractivity contribution is 6.30. The Kier molecular flexibility index (Phi) is 3.16. The fourth-order valence-corrected chi connectivity index (χ4v) is 2.01. The minimum absolute atomic E-state index is 0.410. The fourth-order valence-electron chi connectivity index (χ4n) is 1.73. The summed E-state index contributed by atoms with van der Waals surface area (Å²) in [5.74, 6) is 0. The summed E-state index contributed by atoms with van der Waals surface area (Å²) in [6, 6.07) is 10.1. The highest BCUT2D eigenvalue weighted by atomic mass is 35.5. The van der Waals surface area contributed by atoms with Crippen molar-refractivity contribution in [1.82, 2.24) is 9.78 Å². The maximum absolute atomic E-state index is 8.95. The first kappa shape index (κ1) is 11.7. The number of hydrogen-bond acceptors (Lipinski definition) is 2. The van der Waals surface area contributed by atoms with E-state index in [1.54, 1.807) is 11.6 Å². The van der Waals surface area contributed by atoms with Gasteiger partial charge in [0.15, 0.2) is 0 Å². The molecule has 1 aromatic carbocycles. The summed E-state index contributed by atoms with van der Waals surface area (Å²) in [4.78, 5) is 0. The largest absolute Gasteiger partial charge is 0.248 e. The van der Waals surface area contributed by atoms with Gasteiger partial charge in [-0.3, -0.25) is 0 Å². The fraction of sp³-hybridized carbons (Fsp3) is 0.231. The Hall–Kier alpha value is -1.79. The lowest BCUT2D eigenvalue weighted by molar-refractivity contribution is 0.677. The summed E-state index contributed by atoms with van der Waals surface area (Å²) in [7, 11) is 0. The van der Waals surface area contributed by atoms with Gasteiger partial charge in [0.1, 0.15) is 16.8 Å². The number of aryl methyl sites for hydroxylation is 2. The molecular weight excluding hydrogens is 234 g/mol. The normalized spacial score (nSPS) is 10.2. The van der Waals surface area contributed by atoms with Crippen LogP contribution in [0.5, 0.6) is 0 Å². The number of halogens is 1. The molecule has 0 amide bonds. The molecule has 0 radical (unpaired) electrons. The van der Waals surface area contributed by atoms with Crippen molar-refractivity contribution in [3.8, 4) is 6.07 Å². The smallest absolute Gasteiger partial charge is 0.145 e. The molecule has 0 aliphatic rings. The Morgan fingerprint density at radius 3 is 2.65 bits per heavy atom. The molecule has 4 heteroatoms. The second kappa shape index (κ2) is 4.60. The van der Waals surface area contributed by atoms with Gasteiger partial charge in [-0.05, 0) is 25.0 Å². The molecule has 0 saturated heterocycles. The van der Waals surface area contributed by atoms with Gasteiger partial charge in [-0.2, -0.15) is 10.4 Å². The molecule has 0 saturated carbocycles. The van der Waals surface area contributed by atoms with E-state index in [4.69, 9.17) is 16.9 Å². The Labute approximate surface area is 105 Å². The molecule has 1 heterocycles. The average Bonchev–Trinajstić information content (AvgIpc) is 2.57. The Balaban J connectivity index is 2.38. The molecule has 0 atom stereocenters. The quantitative estimate of drug-likeness (QED) is 0.816. The van der Waals surface area contributed by atoms with E-state index >= 15 is 0 Å². The lowest BCUT2D eigenvalue weighted by atomic mass is 10.1. The SMILES string of the molecule is Cc1ccccc1Cn1nc(C)c(C#N)c1Cl. The van der Waals surface area contributed by atoms with Crippen LogP contribution in [0.2, 0.25) is 5.15 Å². The van der Waals surface area contributed by atoms with E-state index < -0.39 is 0 Å². The molecule has 3 nitrogen and oxygen atoms in total. The number of nitriles is 1. The van der Waals surface area contributed by atoms with Crippen molar-refractivity contribution in [2.45, 2.75) is 20.4 Å². The molecule has 2 aromatic rings. The maximum Gasteiger partial charge on any atom is 0.145 e. The van der Waals surface area contributed by atoms with Crippen molar-refractivity contribution in [2.75, 3.05) is 0 Å². The predicted octanol–water partition coefficient (Wildman–Crippen LogP) is 3.07. The Bertz CT molecular complexity index is 593. The lowest BCUT2D eigenvalue weighted by Gasteiger charge is -2.06. The van der Waals surface area contributed by atoms with Crippen LogP contribution >= 0.6 is 11.6 Å². The van der Waals surface area contributed by atoms with E-state index in [1.807, 2.05) is 31.2 Å². The summed E-state index contributed by atoms with van der Waals surface area (Å²) < 4.78 is 1.66. The maximum atomic E-state index is 8.95. The zero-order chi connectivity index (χ0) is 12.4. The third kappa shape index (κ3) is 2.17. The van der Waals surface area contributed by atoms with E-state index in [2.05, 4.69) is 11.2 Å². The number of nitrogens with zero attached hydrogens (tertiary/aromatic N) is 3. The third-order valence-electron chi connectivity index (χ3n) is 2.76. The lowest BCUT2D eigenvalue weighted by Crippen LogP contribution is -2.03.